The van der Waals surface area contributed by atoms with Crippen LogP contribution in [0.15, 0.2) is 18.2 Å². The lowest BCUT2D eigenvalue weighted by atomic mass is 10.2. The van der Waals surface area contributed by atoms with Crippen LogP contribution in [0, 0.1) is 5.92 Å². The maximum atomic E-state index is 12.1. The van der Waals surface area contributed by atoms with Crippen molar-refractivity contribution in [2.75, 3.05) is 33.4 Å². The first-order valence-electron chi connectivity index (χ1n) is 7.88. The van der Waals surface area contributed by atoms with Crippen LogP contribution in [0.1, 0.15) is 37.6 Å². The van der Waals surface area contributed by atoms with Gasteiger partial charge in [0.2, 0.25) is 0 Å². The molecule has 0 aromatic heterocycles. The highest BCUT2D eigenvalue weighted by atomic mass is 16.5. The SMILES string of the molecule is CCCNCCNC(=O)c1ccc(OCC(C)C)c(OC)c1. The van der Waals surface area contributed by atoms with Gasteiger partial charge in [-0.1, -0.05) is 20.8 Å². The predicted octanol–water partition coefficient (Wildman–Crippen LogP) is 2.46. The maximum absolute atomic E-state index is 12.1. The van der Waals surface area contributed by atoms with Gasteiger partial charge in [0.15, 0.2) is 11.5 Å². The van der Waals surface area contributed by atoms with Crippen molar-refractivity contribution in [1.82, 2.24) is 10.6 Å². The molecule has 0 aliphatic carbocycles. The minimum Gasteiger partial charge on any atom is -0.493 e. The Kier molecular flexibility index (Phi) is 8.36. The van der Waals surface area contributed by atoms with Gasteiger partial charge in [0.05, 0.1) is 13.7 Å². The summed E-state index contributed by atoms with van der Waals surface area (Å²) >= 11 is 0. The van der Waals surface area contributed by atoms with Gasteiger partial charge in [0.25, 0.3) is 5.91 Å². The molecule has 124 valence electrons. The van der Waals surface area contributed by atoms with Crippen LogP contribution in [0.4, 0.5) is 0 Å². The summed E-state index contributed by atoms with van der Waals surface area (Å²) in [6, 6.07) is 5.25. The molecule has 0 heterocycles. The van der Waals surface area contributed by atoms with Gasteiger partial charge in [-0.25, -0.2) is 0 Å². The van der Waals surface area contributed by atoms with Crippen molar-refractivity contribution in [2.24, 2.45) is 5.92 Å². The molecule has 0 aliphatic rings. The summed E-state index contributed by atoms with van der Waals surface area (Å²) in [6.07, 6.45) is 1.09. The molecule has 5 nitrogen and oxygen atoms in total. The van der Waals surface area contributed by atoms with Crippen molar-refractivity contribution >= 4 is 5.91 Å². The van der Waals surface area contributed by atoms with Crippen molar-refractivity contribution in [3.8, 4) is 11.5 Å². The lowest BCUT2D eigenvalue weighted by Crippen LogP contribution is -2.32. The Labute approximate surface area is 133 Å². The van der Waals surface area contributed by atoms with E-state index in [4.69, 9.17) is 9.47 Å². The molecule has 0 saturated carbocycles. The molecule has 1 aromatic carbocycles. The van der Waals surface area contributed by atoms with Crippen molar-refractivity contribution < 1.29 is 14.3 Å². The Morgan fingerprint density at radius 3 is 2.59 bits per heavy atom. The summed E-state index contributed by atoms with van der Waals surface area (Å²) in [4.78, 5) is 12.1. The maximum Gasteiger partial charge on any atom is 0.251 e. The molecule has 1 amide bonds. The monoisotopic (exact) mass is 308 g/mol. The van der Waals surface area contributed by atoms with E-state index in [1.165, 1.54) is 0 Å². The van der Waals surface area contributed by atoms with E-state index in [1.54, 1.807) is 25.3 Å². The number of amides is 1. The largest absolute Gasteiger partial charge is 0.493 e. The molecule has 22 heavy (non-hydrogen) atoms. The zero-order chi connectivity index (χ0) is 16.4. The highest BCUT2D eigenvalue weighted by Gasteiger charge is 2.11. The number of methoxy groups -OCH3 is 1. The Hall–Kier alpha value is -1.75. The number of carbonyl (C=O) groups is 1. The molecule has 0 fully saturated rings. The number of hydrogen-bond acceptors (Lipinski definition) is 4. The molecule has 0 unspecified atom stereocenters. The van der Waals surface area contributed by atoms with Crippen LogP contribution in [0.2, 0.25) is 0 Å². The molecule has 1 aromatic rings. The van der Waals surface area contributed by atoms with Gasteiger partial charge in [0.1, 0.15) is 0 Å². The first kappa shape index (κ1) is 18.3. The Morgan fingerprint density at radius 1 is 1.18 bits per heavy atom. The lowest BCUT2D eigenvalue weighted by Gasteiger charge is -2.13. The van der Waals surface area contributed by atoms with Crippen LogP contribution in [0.3, 0.4) is 0 Å². The second-order valence-corrected chi connectivity index (χ2v) is 5.58. The van der Waals surface area contributed by atoms with E-state index in [2.05, 4.69) is 31.4 Å². The van der Waals surface area contributed by atoms with Crippen LogP contribution in [-0.2, 0) is 0 Å². The van der Waals surface area contributed by atoms with E-state index in [0.29, 0.717) is 36.1 Å². The third kappa shape index (κ3) is 6.35. The Balaban J connectivity index is 2.58. The molecule has 0 aliphatic heterocycles. The summed E-state index contributed by atoms with van der Waals surface area (Å²) in [5, 5.41) is 6.12. The van der Waals surface area contributed by atoms with E-state index in [9.17, 15) is 4.79 Å². The molecular weight excluding hydrogens is 280 g/mol. The minimum absolute atomic E-state index is 0.105. The summed E-state index contributed by atoms with van der Waals surface area (Å²) in [7, 11) is 1.58. The summed E-state index contributed by atoms with van der Waals surface area (Å²) in [5.41, 5.74) is 0.573. The third-order valence-corrected chi connectivity index (χ3v) is 3.01. The first-order valence-corrected chi connectivity index (χ1v) is 7.88. The number of rotatable bonds is 10. The zero-order valence-electron chi connectivity index (χ0n) is 14.1. The fourth-order valence-electron chi connectivity index (χ4n) is 1.85. The Morgan fingerprint density at radius 2 is 1.95 bits per heavy atom. The van der Waals surface area contributed by atoms with Gasteiger partial charge < -0.3 is 20.1 Å². The second kappa shape index (κ2) is 10.1. The van der Waals surface area contributed by atoms with Crippen LogP contribution in [0.25, 0.3) is 0 Å². The molecule has 5 heteroatoms. The van der Waals surface area contributed by atoms with Gasteiger partial charge in [0, 0.05) is 18.7 Å². The van der Waals surface area contributed by atoms with E-state index in [0.717, 1.165) is 19.5 Å². The summed E-state index contributed by atoms with van der Waals surface area (Å²) < 4.78 is 11.0. The van der Waals surface area contributed by atoms with Crippen LogP contribution >= 0.6 is 0 Å². The van der Waals surface area contributed by atoms with Gasteiger partial charge in [-0.15, -0.1) is 0 Å². The second-order valence-electron chi connectivity index (χ2n) is 5.58. The van der Waals surface area contributed by atoms with Gasteiger partial charge in [-0.2, -0.15) is 0 Å². The average Bonchev–Trinajstić information content (AvgIpc) is 2.52. The van der Waals surface area contributed by atoms with Crippen molar-refractivity contribution in [3.63, 3.8) is 0 Å². The van der Waals surface area contributed by atoms with E-state index >= 15 is 0 Å². The number of hydrogen-bond donors (Lipinski definition) is 2. The minimum atomic E-state index is -0.105. The van der Waals surface area contributed by atoms with E-state index < -0.39 is 0 Å². The fourth-order valence-corrected chi connectivity index (χ4v) is 1.85. The van der Waals surface area contributed by atoms with Crippen molar-refractivity contribution in [2.45, 2.75) is 27.2 Å². The summed E-state index contributed by atoms with van der Waals surface area (Å²) in [5.74, 6) is 1.57. The normalized spacial score (nSPS) is 10.6. The molecule has 0 atom stereocenters. The topological polar surface area (TPSA) is 59.6 Å². The molecular formula is C17H28N2O3. The number of carbonyl (C=O) groups excluding carboxylic acids is 1. The van der Waals surface area contributed by atoms with Gasteiger partial charge in [-0.3, -0.25) is 4.79 Å². The van der Waals surface area contributed by atoms with Gasteiger partial charge >= 0.3 is 0 Å². The molecule has 0 saturated heterocycles. The standard InChI is InChI=1S/C17H28N2O3/c1-5-8-18-9-10-19-17(20)14-6-7-15(16(11-14)21-4)22-12-13(2)3/h6-7,11,13,18H,5,8-10,12H2,1-4H3,(H,19,20). The number of nitrogens with one attached hydrogen (secondary N) is 2. The van der Waals surface area contributed by atoms with Gasteiger partial charge in [-0.05, 0) is 37.1 Å². The van der Waals surface area contributed by atoms with Crippen LogP contribution < -0.4 is 20.1 Å². The van der Waals surface area contributed by atoms with Crippen LogP contribution in [-0.4, -0.2) is 39.3 Å². The molecule has 0 spiro atoms. The zero-order valence-corrected chi connectivity index (χ0v) is 14.1. The molecule has 0 bridgehead atoms. The Bertz CT molecular complexity index is 461. The smallest absolute Gasteiger partial charge is 0.251 e. The molecule has 0 radical (unpaired) electrons. The summed E-state index contributed by atoms with van der Waals surface area (Å²) in [6.45, 7) is 9.23. The fraction of sp³-hybridized carbons (Fsp3) is 0.588. The highest BCUT2D eigenvalue weighted by Crippen LogP contribution is 2.28. The molecule has 1 rings (SSSR count). The lowest BCUT2D eigenvalue weighted by molar-refractivity contribution is 0.0953. The van der Waals surface area contributed by atoms with Crippen molar-refractivity contribution in [3.05, 3.63) is 23.8 Å². The average molecular weight is 308 g/mol. The third-order valence-electron chi connectivity index (χ3n) is 3.01. The van der Waals surface area contributed by atoms with E-state index in [-0.39, 0.29) is 5.91 Å². The van der Waals surface area contributed by atoms with Crippen molar-refractivity contribution in [1.29, 1.82) is 0 Å². The quantitative estimate of drug-likeness (QED) is 0.652. The number of ether oxygens (including phenoxy) is 2. The molecule has 2 N–H and O–H groups in total. The van der Waals surface area contributed by atoms with Crippen LogP contribution in [0.5, 0.6) is 11.5 Å². The highest BCUT2D eigenvalue weighted by molar-refractivity contribution is 5.94. The number of benzene rings is 1. The predicted molar refractivity (Wildman–Crippen MR) is 88.8 cm³/mol. The van der Waals surface area contributed by atoms with E-state index in [1.807, 2.05) is 0 Å². The first-order chi connectivity index (χ1) is 10.6.